The van der Waals surface area contributed by atoms with E-state index in [0.717, 1.165) is 12.0 Å². The summed E-state index contributed by atoms with van der Waals surface area (Å²) in [6, 6.07) is 4.07. The van der Waals surface area contributed by atoms with Crippen molar-refractivity contribution in [3.63, 3.8) is 0 Å². The highest BCUT2D eigenvalue weighted by molar-refractivity contribution is 5.40. The number of phenolic OH excluding ortho intramolecular Hbond substituents is 1. The van der Waals surface area contributed by atoms with Gasteiger partial charge in [0.15, 0.2) is 0 Å². The van der Waals surface area contributed by atoms with E-state index in [2.05, 4.69) is 19.9 Å². The molecule has 0 heterocycles. The van der Waals surface area contributed by atoms with Crippen LogP contribution in [0.25, 0.3) is 0 Å². The molecule has 138 valence electrons. The van der Waals surface area contributed by atoms with Gasteiger partial charge >= 0.3 is 0 Å². The van der Waals surface area contributed by atoms with Crippen molar-refractivity contribution in [1.29, 1.82) is 0 Å². The first-order chi connectivity index (χ1) is 11.6. The van der Waals surface area contributed by atoms with Crippen LogP contribution in [0, 0.1) is 13.8 Å². The van der Waals surface area contributed by atoms with Crippen LogP contribution in [0.5, 0.6) is 5.75 Å². The van der Waals surface area contributed by atoms with Gasteiger partial charge < -0.3 is 5.11 Å². The topological polar surface area (TPSA) is 20.2 Å². The molecule has 0 aliphatic heterocycles. The molecule has 0 radical (unpaired) electrons. The minimum atomic E-state index is 0.449. The quantitative estimate of drug-likeness (QED) is 0.347. The van der Waals surface area contributed by atoms with Crippen molar-refractivity contribution in [2.75, 3.05) is 0 Å². The molecule has 1 nitrogen and oxygen atoms in total. The van der Waals surface area contributed by atoms with E-state index in [-0.39, 0.29) is 0 Å². The van der Waals surface area contributed by atoms with Gasteiger partial charge in [-0.25, -0.2) is 0 Å². The van der Waals surface area contributed by atoms with E-state index < -0.39 is 0 Å². The number of unbranched alkanes of at least 4 members (excludes halogenated alkanes) is 12. The molecule has 0 unspecified atom stereocenters. The Kier molecular flexibility index (Phi) is 11.7. The third-order valence-electron chi connectivity index (χ3n) is 5.20. The molecule has 0 aromatic heterocycles. The zero-order valence-electron chi connectivity index (χ0n) is 16.5. The molecule has 1 N–H and O–H groups in total. The van der Waals surface area contributed by atoms with E-state index in [9.17, 15) is 5.11 Å². The Morgan fingerprint density at radius 3 is 1.58 bits per heavy atom. The maximum Gasteiger partial charge on any atom is 0.118 e. The summed E-state index contributed by atoms with van der Waals surface area (Å²) in [6.07, 6.45) is 19.3. The van der Waals surface area contributed by atoms with E-state index in [0.29, 0.717) is 5.75 Å². The Morgan fingerprint density at radius 1 is 0.625 bits per heavy atom. The van der Waals surface area contributed by atoms with Crippen molar-refractivity contribution in [3.8, 4) is 5.75 Å². The summed E-state index contributed by atoms with van der Waals surface area (Å²) in [5, 5.41) is 9.83. The first kappa shape index (κ1) is 21.1. The van der Waals surface area contributed by atoms with Crippen LogP contribution in [-0.4, -0.2) is 5.11 Å². The standard InChI is InChI=1S/C23H40O/c1-4-5-6-7-8-9-10-11-12-13-14-15-16-17-22-19-23(24)21(3)18-20(22)2/h18-19,24H,4-17H2,1-3H3. The van der Waals surface area contributed by atoms with Crippen LogP contribution in [0.2, 0.25) is 0 Å². The molecule has 0 bridgehead atoms. The fourth-order valence-electron chi connectivity index (χ4n) is 3.49. The second-order valence-electron chi connectivity index (χ2n) is 7.56. The van der Waals surface area contributed by atoms with Crippen molar-refractivity contribution in [2.24, 2.45) is 0 Å². The third-order valence-corrected chi connectivity index (χ3v) is 5.20. The molecule has 0 fully saturated rings. The summed E-state index contributed by atoms with van der Waals surface area (Å²) in [7, 11) is 0. The Labute approximate surface area is 150 Å². The molecule has 24 heavy (non-hydrogen) atoms. The van der Waals surface area contributed by atoms with Crippen LogP contribution < -0.4 is 0 Å². The second kappa shape index (κ2) is 13.3. The maximum absolute atomic E-state index is 9.83. The van der Waals surface area contributed by atoms with Crippen molar-refractivity contribution < 1.29 is 5.11 Å². The number of phenols is 1. The van der Waals surface area contributed by atoms with E-state index >= 15 is 0 Å². The number of aryl methyl sites for hydroxylation is 3. The lowest BCUT2D eigenvalue weighted by Gasteiger charge is -2.09. The van der Waals surface area contributed by atoms with Gasteiger partial charge in [-0.1, -0.05) is 90.0 Å². The molecule has 0 spiro atoms. The van der Waals surface area contributed by atoms with Crippen molar-refractivity contribution in [2.45, 2.75) is 111 Å². The molecule has 1 aromatic rings. The molecular weight excluding hydrogens is 292 g/mol. The number of benzene rings is 1. The predicted octanol–water partition coefficient (Wildman–Crippen LogP) is 7.64. The van der Waals surface area contributed by atoms with Crippen molar-refractivity contribution in [3.05, 3.63) is 28.8 Å². The van der Waals surface area contributed by atoms with Crippen LogP contribution >= 0.6 is 0 Å². The largest absolute Gasteiger partial charge is 0.508 e. The second-order valence-corrected chi connectivity index (χ2v) is 7.56. The number of hydrogen-bond acceptors (Lipinski definition) is 1. The molecule has 0 saturated heterocycles. The summed E-state index contributed by atoms with van der Waals surface area (Å²) < 4.78 is 0. The summed E-state index contributed by atoms with van der Waals surface area (Å²) in [5.74, 6) is 0.449. The SMILES string of the molecule is CCCCCCCCCCCCCCCc1cc(O)c(C)cc1C. The first-order valence-corrected chi connectivity index (χ1v) is 10.4. The Hall–Kier alpha value is -0.980. The summed E-state index contributed by atoms with van der Waals surface area (Å²) >= 11 is 0. The average Bonchev–Trinajstić information content (AvgIpc) is 2.56. The van der Waals surface area contributed by atoms with E-state index in [1.54, 1.807) is 0 Å². The van der Waals surface area contributed by atoms with Gasteiger partial charge in [0.25, 0.3) is 0 Å². The molecule has 0 saturated carbocycles. The number of rotatable bonds is 14. The lowest BCUT2D eigenvalue weighted by Crippen LogP contribution is -1.92. The van der Waals surface area contributed by atoms with Crippen LogP contribution in [0.4, 0.5) is 0 Å². The molecule has 1 aromatic carbocycles. The monoisotopic (exact) mass is 332 g/mol. The lowest BCUT2D eigenvalue weighted by molar-refractivity contribution is 0.469. The van der Waals surface area contributed by atoms with E-state index in [4.69, 9.17) is 0 Å². The van der Waals surface area contributed by atoms with Crippen LogP contribution in [0.15, 0.2) is 12.1 Å². The molecule has 1 heteroatoms. The van der Waals surface area contributed by atoms with E-state index in [1.165, 1.54) is 94.6 Å². The summed E-state index contributed by atoms with van der Waals surface area (Å²) in [5.41, 5.74) is 3.63. The molecule has 0 atom stereocenters. The van der Waals surface area contributed by atoms with Gasteiger partial charge in [0, 0.05) is 0 Å². The molecule has 0 aliphatic carbocycles. The molecule has 0 amide bonds. The number of hydrogen-bond donors (Lipinski definition) is 1. The van der Waals surface area contributed by atoms with Gasteiger partial charge in [0.2, 0.25) is 0 Å². The Bertz CT molecular complexity index is 436. The van der Waals surface area contributed by atoms with E-state index in [1.807, 2.05) is 13.0 Å². The van der Waals surface area contributed by atoms with Gasteiger partial charge in [0.1, 0.15) is 5.75 Å². The first-order valence-electron chi connectivity index (χ1n) is 10.4. The van der Waals surface area contributed by atoms with Gasteiger partial charge in [-0.3, -0.25) is 0 Å². The number of aromatic hydroxyl groups is 1. The Morgan fingerprint density at radius 2 is 1.08 bits per heavy atom. The molecule has 1 rings (SSSR count). The highest BCUT2D eigenvalue weighted by Gasteiger charge is 2.03. The third kappa shape index (κ3) is 9.35. The normalized spacial score (nSPS) is 11.1. The Balaban J connectivity index is 1.93. The van der Waals surface area contributed by atoms with Crippen molar-refractivity contribution in [1.82, 2.24) is 0 Å². The van der Waals surface area contributed by atoms with Crippen LogP contribution in [-0.2, 0) is 6.42 Å². The van der Waals surface area contributed by atoms with Gasteiger partial charge in [0.05, 0.1) is 0 Å². The minimum Gasteiger partial charge on any atom is -0.508 e. The van der Waals surface area contributed by atoms with Crippen molar-refractivity contribution >= 4 is 0 Å². The predicted molar refractivity (Wildman–Crippen MR) is 107 cm³/mol. The zero-order chi connectivity index (χ0) is 17.6. The average molecular weight is 333 g/mol. The minimum absolute atomic E-state index is 0.449. The fourth-order valence-corrected chi connectivity index (χ4v) is 3.49. The highest BCUT2D eigenvalue weighted by Crippen LogP contribution is 2.23. The summed E-state index contributed by atoms with van der Waals surface area (Å²) in [6.45, 7) is 6.41. The summed E-state index contributed by atoms with van der Waals surface area (Å²) in [4.78, 5) is 0. The zero-order valence-corrected chi connectivity index (χ0v) is 16.5. The molecule has 0 aliphatic rings. The lowest BCUT2D eigenvalue weighted by atomic mass is 9.98. The fraction of sp³-hybridized carbons (Fsp3) is 0.739. The van der Waals surface area contributed by atoms with Crippen LogP contribution in [0.1, 0.15) is 107 Å². The van der Waals surface area contributed by atoms with Gasteiger partial charge in [-0.2, -0.15) is 0 Å². The van der Waals surface area contributed by atoms with Gasteiger partial charge in [-0.05, 0) is 49.4 Å². The molecular formula is C23H40O. The maximum atomic E-state index is 9.83. The van der Waals surface area contributed by atoms with Gasteiger partial charge in [-0.15, -0.1) is 0 Å². The smallest absolute Gasteiger partial charge is 0.118 e. The highest BCUT2D eigenvalue weighted by atomic mass is 16.3. The van der Waals surface area contributed by atoms with Crippen LogP contribution in [0.3, 0.4) is 0 Å².